The molecule has 0 aliphatic carbocycles. The van der Waals surface area contributed by atoms with Crippen molar-refractivity contribution in [1.29, 1.82) is 0 Å². The van der Waals surface area contributed by atoms with Crippen LogP contribution in [-0.4, -0.2) is 44.5 Å². The van der Waals surface area contributed by atoms with Gasteiger partial charge < -0.3 is 19.6 Å². The molecule has 17 heavy (non-hydrogen) atoms. The third kappa shape index (κ3) is 7.53. The van der Waals surface area contributed by atoms with Crippen LogP contribution in [0.15, 0.2) is 0 Å². The lowest BCUT2D eigenvalue weighted by atomic mass is 10.2. The second kappa shape index (κ2) is 7.08. The molecular formula is C10H20N2O5. The monoisotopic (exact) mass is 248 g/mol. The molecule has 0 aromatic rings. The van der Waals surface area contributed by atoms with E-state index in [1.165, 1.54) is 14.2 Å². The maximum atomic E-state index is 11.3. The van der Waals surface area contributed by atoms with E-state index in [4.69, 9.17) is 4.74 Å². The van der Waals surface area contributed by atoms with Gasteiger partial charge in [-0.15, -0.1) is 0 Å². The molecule has 0 aliphatic heterocycles. The molecule has 7 nitrogen and oxygen atoms in total. The molecule has 0 aliphatic rings. The highest BCUT2D eigenvalue weighted by Gasteiger charge is 2.21. The van der Waals surface area contributed by atoms with Gasteiger partial charge in [-0.1, -0.05) is 0 Å². The number of methoxy groups -OCH3 is 1. The Kier molecular flexibility index (Phi) is 6.52. The average Bonchev–Trinajstić information content (AvgIpc) is 2.20. The predicted octanol–water partition coefficient (Wildman–Crippen LogP) is 0.204. The molecular weight excluding hydrogens is 228 g/mol. The number of carbonyl (C=O) groups excluding carboxylic acids is 2. The van der Waals surface area contributed by atoms with Crippen LogP contribution >= 0.6 is 0 Å². The lowest BCUT2D eigenvalue weighted by Crippen LogP contribution is -2.47. The Morgan fingerprint density at radius 3 is 2.24 bits per heavy atom. The van der Waals surface area contributed by atoms with Crippen molar-refractivity contribution < 1.29 is 23.9 Å². The molecule has 2 N–H and O–H groups in total. The summed E-state index contributed by atoms with van der Waals surface area (Å²) in [6.45, 7) is 5.25. The number of hydroxylamine groups is 1. The van der Waals surface area contributed by atoms with Gasteiger partial charge >= 0.3 is 12.1 Å². The number of nitrogens with one attached hydrogen (secondary N) is 2. The molecule has 0 saturated heterocycles. The molecule has 100 valence electrons. The average molecular weight is 248 g/mol. The standard InChI is InChI=1S/C10H20N2O5/c1-10(2,3)17-9(14)11-6-7(12-16-5)8(13)15-4/h7,12H,6H2,1-5H3,(H,11,14). The van der Waals surface area contributed by atoms with Gasteiger partial charge in [-0.25, -0.2) is 4.79 Å². The number of hydrogen-bond acceptors (Lipinski definition) is 6. The van der Waals surface area contributed by atoms with Crippen molar-refractivity contribution in [2.24, 2.45) is 0 Å². The Bertz CT molecular complexity index is 262. The molecule has 0 spiro atoms. The van der Waals surface area contributed by atoms with Crippen molar-refractivity contribution in [3.05, 3.63) is 0 Å². The second-order valence-corrected chi connectivity index (χ2v) is 4.28. The molecule has 0 saturated carbocycles. The van der Waals surface area contributed by atoms with E-state index in [0.717, 1.165) is 0 Å². The first kappa shape index (κ1) is 15.7. The zero-order chi connectivity index (χ0) is 13.5. The first-order valence-electron chi connectivity index (χ1n) is 5.13. The predicted molar refractivity (Wildman–Crippen MR) is 60.2 cm³/mol. The fourth-order valence-electron chi connectivity index (χ4n) is 0.957. The van der Waals surface area contributed by atoms with E-state index in [-0.39, 0.29) is 6.54 Å². The topological polar surface area (TPSA) is 85.9 Å². The zero-order valence-electron chi connectivity index (χ0n) is 10.8. The van der Waals surface area contributed by atoms with Crippen LogP contribution in [0, 0.1) is 0 Å². The summed E-state index contributed by atoms with van der Waals surface area (Å²) in [6, 6.07) is -0.780. The quantitative estimate of drug-likeness (QED) is 0.534. The van der Waals surface area contributed by atoms with Gasteiger partial charge in [0.25, 0.3) is 0 Å². The van der Waals surface area contributed by atoms with Crippen LogP contribution in [0.4, 0.5) is 4.79 Å². The highest BCUT2D eigenvalue weighted by atomic mass is 16.6. The number of carbonyl (C=O) groups is 2. The molecule has 1 atom stereocenters. The summed E-state index contributed by atoms with van der Waals surface area (Å²) in [5.41, 5.74) is 1.82. The number of hydrogen-bond donors (Lipinski definition) is 2. The van der Waals surface area contributed by atoms with Crippen molar-refractivity contribution >= 4 is 12.1 Å². The molecule has 0 aromatic heterocycles. The maximum absolute atomic E-state index is 11.3. The Hall–Kier alpha value is -1.34. The molecule has 0 heterocycles. The van der Waals surface area contributed by atoms with Crippen molar-refractivity contribution in [3.63, 3.8) is 0 Å². The van der Waals surface area contributed by atoms with E-state index in [9.17, 15) is 9.59 Å². The molecule has 0 aromatic carbocycles. The van der Waals surface area contributed by atoms with Gasteiger partial charge in [0.2, 0.25) is 0 Å². The number of esters is 1. The molecule has 1 amide bonds. The third-order valence-electron chi connectivity index (χ3n) is 1.60. The highest BCUT2D eigenvalue weighted by Crippen LogP contribution is 2.06. The van der Waals surface area contributed by atoms with Crippen molar-refractivity contribution in [2.75, 3.05) is 20.8 Å². The van der Waals surface area contributed by atoms with Crippen LogP contribution in [0.25, 0.3) is 0 Å². The molecule has 1 unspecified atom stereocenters. The minimum absolute atomic E-state index is 0.00935. The molecule has 0 fully saturated rings. The number of amides is 1. The van der Waals surface area contributed by atoms with Gasteiger partial charge in [0.1, 0.15) is 11.6 Å². The molecule has 7 heteroatoms. The van der Waals surface area contributed by atoms with E-state index in [2.05, 4.69) is 20.4 Å². The third-order valence-corrected chi connectivity index (χ3v) is 1.60. The van der Waals surface area contributed by atoms with E-state index < -0.39 is 23.7 Å². The summed E-state index contributed by atoms with van der Waals surface area (Å²) < 4.78 is 9.53. The van der Waals surface area contributed by atoms with E-state index in [0.29, 0.717) is 0 Å². The maximum Gasteiger partial charge on any atom is 0.407 e. The van der Waals surface area contributed by atoms with Crippen molar-refractivity contribution in [2.45, 2.75) is 32.4 Å². The number of alkyl carbamates (subject to hydrolysis) is 1. The van der Waals surface area contributed by atoms with Crippen molar-refractivity contribution in [3.8, 4) is 0 Å². The summed E-state index contributed by atoms with van der Waals surface area (Å²) >= 11 is 0. The van der Waals surface area contributed by atoms with E-state index in [1.54, 1.807) is 20.8 Å². The first-order chi connectivity index (χ1) is 7.80. The Balaban J connectivity index is 4.13. The van der Waals surface area contributed by atoms with Crippen LogP contribution in [0.3, 0.4) is 0 Å². The van der Waals surface area contributed by atoms with Gasteiger partial charge in [-0.2, -0.15) is 5.48 Å². The lowest BCUT2D eigenvalue weighted by molar-refractivity contribution is -0.146. The van der Waals surface area contributed by atoms with Gasteiger partial charge in [-0.3, -0.25) is 4.79 Å². The largest absolute Gasteiger partial charge is 0.468 e. The highest BCUT2D eigenvalue weighted by molar-refractivity contribution is 5.77. The fourth-order valence-corrected chi connectivity index (χ4v) is 0.957. The molecule has 0 rings (SSSR count). The van der Waals surface area contributed by atoms with E-state index >= 15 is 0 Å². The van der Waals surface area contributed by atoms with Crippen molar-refractivity contribution in [1.82, 2.24) is 10.8 Å². The summed E-state index contributed by atoms with van der Waals surface area (Å²) in [7, 11) is 2.61. The van der Waals surface area contributed by atoms with E-state index in [1.807, 2.05) is 0 Å². The smallest absolute Gasteiger partial charge is 0.407 e. The Morgan fingerprint density at radius 2 is 1.82 bits per heavy atom. The summed E-state index contributed by atoms with van der Waals surface area (Å²) in [5, 5.41) is 2.43. The van der Waals surface area contributed by atoms with Crippen LogP contribution in [0.5, 0.6) is 0 Å². The van der Waals surface area contributed by atoms with Crippen LogP contribution in [0.1, 0.15) is 20.8 Å². The van der Waals surface area contributed by atoms with Gasteiger partial charge in [0.05, 0.1) is 14.2 Å². The zero-order valence-corrected chi connectivity index (χ0v) is 10.8. The SMILES string of the molecule is CONC(CNC(=O)OC(C)(C)C)C(=O)OC. The fraction of sp³-hybridized carbons (Fsp3) is 0.800. The van der Waals surface area contributed by atoms with Gasteiger partial charge in [0, 0.05) is 6.54 Å². The minimum atomic E-state index is -0.780. The normalized spacial score (nSPS) is 12.8. The lowest BCUT2D eigenvalue weighted by Gasteiger charge is -2.21. The first-order valence-corrected chi connectivity index (χ1v) is 5.13. The second-order valence-electron chi connectivity index (χ2n) is 4.28. The van der Waals surface area contributed by atoms with Gasteiger partial charge in [-0.05, 0) is 20.8 Å². The van der Waals surface area contributed by atoms with Crippen LogP contribution in [0.2, 0.25) is 0 Å². The number of ether oxygens (including phenoxy) is 2. The summed E-state index contributed by atoms with van der Waals surface area (Å²) in [4.78, 5) is 27.2. The molecule has 0 bridgehead atoms. The summed E-state index contributed by atoms with van der Waals surface area (Å²) in [5.74, 6) is -0.539. The number of rotatable bonds is 5. The Labute approximate surface area is 101 Å². The Morgan fingerprint density at radius 1 is 1.24 bits per heavy atom. The summed E-state index contributed by atoms with van der Waals surface area (Å²) in [6.07, 6.45) is -0.607. The van der Waals surface area contributed by atoms with Gasteiger partial charge in [0.15, 0.2) is 0 Å². The van der Waals surface area contributed by atoms with Crippen LogP contribution in [-0.2, 0) is 19.1 Å². The van der Waals surface area contributed by atoms with Crippen LogP contribution < -0.4 is 10.8 Å². The minimum Gasteiger partial charge on any atom is -0.468 e. The molecule has 0 radical (unpaired) electrons.